The minimum Gasteiger partial charge on any atom is -0.389 e. The summed E-state index contributed by atoms with van der Waals surface area (Å²) in [4.78, 5) is 6.58. The van der Waals surface area contributed by atoms with Crippen LogP contribution < -0.4 is 4.90 Å². The van der Waals surface area contributed by atoms with E-state index in [0.717, 1.165) is 24.2 Å². The Morgan fingerprint density at radius 3 is 2.31 bits per heavy atom. The molecular formula is C13H22N2O. The topological polar surface area (TPSA) is 36.4 Å². The number of pyridine rings is 1. The molecule has 0 aliphatic rings. The molecule has 1 N–H and O–H groups in total. The molecule has 0 amide bonds. The van der Waals surface area contributed by atoms with Crippen LogP contribution in [-0.2, 0) is 0 Å². The van der Waals surface area contributed by atoms with E-state index in [1.807, 2.05) is 12.1 Å². The summed E-state index contributed by atoms with van der Waals surface area (Å²) in [6.07, 6.45) is 3.54. The Balaban J connectivity index is 2.80. The first-order valence-electron chi connectivity index (χ1n) is 5.97. The van der Waals surface area contributed by atoms with Crippen LogP contribution in [-0.4, -0.2) is 23.2 Å². The molecule has 3 heteroatoms. The summed E-state index contributed by atoms with van der Waals surface area (Å²) < 4.78 is 0. The van der Waals surface area contributed by atoms with Gasteiger partial charge in [0.2, 0.25) is 0 Å². The Labute approximate surface area is 98.1 Å². The van der Waals surface area contributed by atoms with Gasteiger partial charge in [-0.05, 0) is 31.4 Å². The molecule has 1 aromatic rings. The first-order valence-corrected chi connectivity index (χ1v) is 5.97. The molecule has 0 spiro atoms. The maximum absolute atomic E-state index is 9.40. The van der Waals surface area contributed by atoms with E-state index in [1.54, 1.807) is 13.1 Å². The van der Waals surface area contributed by atoms with Gasteiger partial charge in [-0.1, -0.05) is 19.9 Å². The Morgan fingerprint density at radius 1 is 1.31 bits per heavy atom. The van der Waals surface area contributed by atoms with Gasteiger partial charge in [0.15, 0.2) is 0 Å². The lowest BCUT2D eigenvalue weighted by molar-refractivity contribution is 0.199. The van der Waals surface area contributed by atoms with Crippen molar-refractivity contribution in [2.45, 2.75) is 45.8 Å². The lowest BCUT2D eigenvalue weighted by Gasteiger charge is -2.27. The van der Waals surface area contributed by atoms with Crippen molar-refractivity contribution in [3.63, 3.8) is 0 Å². The van der Waals surface area contributed by atoms with Gasteiger partial charge in [0.05, 0.1) is 6.10 Å². The summed E-state index contributed by atoms with van der Waals surface area (Å²) in [5, 5.41) is 9.40. The third-order valence-corrected chi connectivity index (χ3v) is 3.10. The van der Waals surface area contributed by atoms with Gasteiger partial charge in [-0.2, -0.15) is 0 Å². The standard InChI is InChI=1S/C13H22N2O/c1-5-12(6-2)15(4)13-8-7-11(9-14-13)10(3)16/h7-10,12,16H,5-6H2,1-4H3. The van der Waals surface area contributed by atoms with Crippen molar-refractivity contribution in [3.05, 3.63) is 23.9 Å². The molecule has 0 saturated carbocycles. The molecule has 1 heterocycles. The molecule has 0 bridgehead atoms. The van der Waals surface area contributed by atoms with Gasteiger partial charge in [0.25, 0.3) is 0 Å². The zero-order valence-electron chi connectivity index (χ0n) is 10.6. The van der Waals surface area contributed by atoms with Crippen LogP contribution in [0, 0.1) is 0 Å². The van der Waals surface area contributed by atoms with Crippen molar-refractivity contribution in [1.29, 1.82) is 0 Å². The van der Waals surface area contributed by atoms with E-state index in [1.165, 1.54) is 0 Å². The molecule has 0 aliphatic heterocycles. The first-order chi connectivity index (χ1) is 7.60. The van der Waals surface area contributed by atoms with Gasteiger partial charge in [0.1, 0.15) is 5.82 Å². The number of nitrogens with zero attached hydrogens (tertiary/aromatic N) is 2. The maximum atomic E-state index is 9.40. The molecule has 90 valence electrons. The minimum atomic E-state index is -0.444. The number of aromatic nitrogens is 1. The normalized spacial score (nSPS) is 12.9. The van der Waals surface area contributed by atoms with Gasteiger partial charge in [-0.3, -0.25) is 0 Å². The molecule has 1 rings (SSSR count). The fraction of sp³-hybridized carbons (Fsp3) is 0.615. The summed E-state index contributed by atoms with van der Waals surface area (Å²) in [5.41, 5.74) is 0.863. The Hall–Kier alpha value is -1.09. The first kappa shape index (κ1) is 13.0. The second-order valence-corrected chi connectivity index (χ2v) is 4.21. The van der Waals surface area contributed by atoms with E-state index >= 15 is 0 Å². The highest BCUT2D eigenvalue weighted by atomic mass is 16.3. The highest BCUT2D eigenvalue weighted by Gasteiger charge is 2.12. The van der Waals surface area contributed by atoms with E-state index in [4.69, 9.17) is 0 Å². The second-order valence-electron chi connectivity index (χ2n) is 4.21. The Morgan fingerprint density at radius 2 is 1.94 bits per heavy atom. The van der Waals surface area contributed by atoms with Crippen LogP contribution in [0.5, 0.6) is 0 Å². The van der Waals surface area contributed by atoms with Gasteiger partial charge in [-0.25, -0.2) is 4.98 Å². The smallest absolute Gasteiger partial charge is 0.128 e. The van der Waals surface area contributed by atoms with Crippen molar-refractivity contribution >= 4 is 5.82 Å². The zero-order chi connectivity index (χ0) is 12.1. The zero-order valence-corrected chi connectivity index (χ0v) is 10.6. The fourth-order valence-electron chi connectivity index (χ4n) is 1.88. The molecule has 0 aromatic carbocycles. The van der Waals surface area contributed by atoms with Crippen LogP contribution >= 0.6 is 0 Å². The summed E-state index contributed by atoms with van der Waals surface area (Å²) in [6, 6.07) is 4.44. The number of anilines is 1. The van der Waals surface area contributed by atoms with E-state index in [9.17, 15) is 5.11 Å². The summed E-state index contributed by atoms with van der Waals surface area (Å²) in [6.45, 7) is 6.13. The molecule has 1 aromatic heterocycles. The number of rotatable bonds is 5. The predicted octanol–water partition coefficient (Wildman–Crippen LogP) is 2.76. The fourth-order valence-corrected chi connectivity index (χ4v) is 1.88. The van der Waals surface area contributed by atoms with Crippen molar-refractivity contribution in [1.82, 2.24) is 4.98 Å². The molecule has 1 atom stereocenters. The monoisotopic (exact) mass is 222 g/mol. The Bertz CT molecular complexity index is 304. The lowest BCUT2D eigenvalue weighted by Crippen LogP contribution is -2.30. The van der Waals surface area contributed by atoms with Gasteiger partial charge >= 0.3 is 0 Å². The average molecular weight is 222 g/mol. The molecular weight excluding hydrogens is 200 g/mol. The van der Waals surface area contributed by atoms with Crippen molar-refractivity contribution < 1.29 is 5.11 Å². The van der Waals surface area contributed by atoms with E-state index < -0.39 is 6.10 Å². The quantitative estimate of drug-likeness (QED) is 0.832. The van der Waals surface area contributed by atoms with Crippen LogP contribution in [0.2, 0.25) is 0 Å². The highest BCUT2D eigenvalue weighted by Crippen LogP contribution is 2.18. The number of aliphatic hydroxyl groups excluding tert-OH is 1. The van der Waals surface area contributed by atoms with Gasteiger partial charge < -0.3 is 10.0 Å². The van der Waals surface area contributed by atoms with Gasteiger partial charge in [-0.15, -0.1) is 0 Å². The Kier molecular flexibility index (Phi) is 4.74. The van der Waals surface area contributed by atoms with Crippen molar-refractivity contribution in [2.24, 2.45) is 0 Å². The van der Waals surface area contributed by atoms with Crippen LogP contribution in [0.25, 0.3) is 0 Å². The number of hydrogen-bond donors (Lipinski definition) is 1. The van der Waals surface area contributed by atoms with E-state index in [2.05, 4.69) is 30.8 Å². The molecule has 0 radical (unpaired) electrons. The summed E-state index contributed by atoms with van der Waals surface area (Å²) in [7, 11) is 2.07. The van der Waals surface area contributed by atoms with Gasteiger partial charge in [0, 0.05) is 19.3 Å². The molecule has 0 aliphatic carbocycles. The molecule has 3 nitrogen and oxygen atoms in total. The van der Waals surface area contributed by atoms with Crippen LogP contribution in [0.1, 0.15) is 45.3 Å². The lowest BCUT2D eigenvalue weighted by atomic mass is 10.1. The largest absolute Gasteiger partial charge is 0.389 e. The van der Waals surface area contributed by atoms with E-state index in [0.29, 0.717) is 6.04 Å². The average Bonchev–Trinajstić information content (AvgIpc) is 2.30. The molecule has 16 heavy (non-hydrogen) atoms. The highest BCUT2D eigenvalue weighted by molar-refractivity contribution is 5.39. The third kappa shape index (κ3) is 2.95. The molecule has 1 unspecified atom stereocenters. The van der Waals surface area contributed by atoms with E-state index in [-0.39, 0.29) is 0 Å². The number of hydrogen-bond acceptors (Lipinski definition) is 3. The third-order valence-electron chi connectivity index (χ3n) is 3.10. The SMILES string of the molecule is CCC(CC)N(C)c1ccc(C(C)O)cn1. The minimum absolute atomic E-state index is 0.444. The summed E-state index contributed by atoms with van der Waals surface area (Å²) >= 11 is 0. The summed E-state index contributed by atoms with van der Waals surface area (Å²) in [5.74, 6) is 0.970. The van der Waals surface area contributed by atoms with Crippen LogP contribution in [0.15, 0.2) is 18.3 Å². The van der Waals surface area contributed by atoms with Crippen molar-refractivity contribution in [2.75, 3.05) is 11.9 Å². The molecule has 0 saturated heterocycles. The molecule has 0 fully saturated rings. The number of aliphatic hydroxyl groups is 1. The van der Waals surface area contributed by atoms with Crippen LogP contribution in [0.4, 0.5) is 5.82 Å². The predicted molar refractivity (Wildman–Crippen MR) is 67.6 cm³/mol. The second kappa shape index (κ2) is 5.85. The maximum Gasteiger partial charge on any atom is 0.128 e. The van der Waals surface area contributed by atoms with Crippen LogP contribution in [0.3, 0.4) is 0 Å². The van der Waals surface area contributed by atoms with Crippen molar-refractivity contribution in [3.8, 4) is 0 Å².